The van der Waals surface area contributed by atoms with E-state index in [1.165, 1.54) is 19.2 Å². The number of halogens is 2. The van der Waals surface area contributed by atoms with Gasteiger partial charge in [0.05, 0.1) is 25.0 Å². The number of carbonyl (C=O) groups is 2. The minimum atomic E-state index is -3.16. The lowest BCUT2D eigenvalue weighted by atomic mass is 9.91. The first kappa shape index (κ1) is 25.6. The largest absolute Gasteiger partial charge is 0.453 e. The number of alkyl carbamates (subject to hydrolysis) is 1. The van der Waals surface area contributed by atoms with Crippen molar-refractivity contribution >= 4 is 25.3 Å². The molecule has 2 radical (unpaired) electrons. The average molecular weight is 530 g/mol. The SMILES string of the molecule is [B]c1ccc2c(c1)C(F)(F)c1cc(-c3cnc(C4CC5(CC5)CN4C(=O)C(NC(=O)OC)C(C)C)[nH]3)ccc1-2. The van der Waals surface area contributed by atoms with E-state index in [4.69, 9.17) is 12.6 Å². The van der Waals surface area contributed by atoms with E-state index < -0.39 is 18.1 Å². The summed E-state index contributed by atoms with van der Waals surface area (Å²) in [5.74, 6) is -2.89. The Labute approximate surface area is 226 Å². The molecule has 7 nitrogen and oxygen atoms in total. The van der Waals surface area contributed by atoms with Crippen molar-refractivity contribution in [3.8, 4) is 22.4 Å². The Morgan fingerprint density at radius 2 is 1.85 bits per heavy atom. The van der Waals surface area contributed by atoms with Crippen LogP contribution in [0, 0.1) is 11.3 Å². The molecule has 200 valence electrons. The summed E-state index contributed by atoms with van der Waals surface area (Å²) in [6, 6.07) is 8.56. The molecular weight excluding hydrogens is 501 g/mol. The molecule has 2 heterocycles. The van der Waals surface area contributed by atoms with Crippen molar-refractivity contribution in [1.82, 2.24) is 20.2 Å². The Balaban J connectivity index is 1.30. The second kappa shape index (κ2) is 8.93. The lowest BCUT2D eigenvalue weighted by molar-refractivity contribution is -0.135. The number of amides is 2. The number of imidazole rings is 1. The zero-order valence-electron chi connectivity index (χ0n) is 22.1. The van der Waals surface area contributed by atoms with Gasteiger partial charge in [-0.1, -0.05) is 49.6 Å². The van der Waals surface area contributed by atoms with Crippen LogP contribution in [0.1, 0.15) is 56.1 Å². The van der Waals surface area contributed by atoms with Gasteiger partial charge in [0.15, 0.2) is 0 Å². The summed E-state index contributed by atoms with van der Waals surface area (Å²) in [6.45, 7) is 4.33. The van der Waals surface area contributed by atoms with Crippen LogP contribution in [0.15, 0.2) is 42.6 Å². The molecule has 0 bridgehead atoms. The summed E-state index contributed by atoms with van der Waals surface area (Å²) < 4.78 is 35.5. The van der Waals surface area contributed by atoms with Crippen LogP contribution in [0.25, 0.3) is 22.4 Å². The van der Waals surface area contributed by atoms with E-state index in [0.29, 0.717) is 40.2 Å². The summed E-state index contributed by atoms with van der Waals surface area (Å²) in [5.41, 5.74) is 2.34. The number of H-pyrrole nitrogens is 1. The predicted octanol–water partition coefficient (Wildman–Crippen LogP) is 4.43. The van der Waals surface area contributed by atoms with E-state index in [2.05, 4.69) is 15.3 Å². The maximum atomic E-state index is 15.4. The third-order valence-electron chi connectivity index (χ3n) is 8.39. The van der Waals surface area contributed by atoms with E-state index in [1.807, 2.05) is 13.8 Å². The minimum Gasteiger partial charge on any atom is -0.453 e. The normalized spacial score (nSPS) is 20.6. The number of nitrogens with zero attached hydrogens (tertiary/aromatic N) is 2. The monoisotopic (exact) mass is 530 g/mol. The number of rotatable bonds is 5. The van der Waals surface area contributed by atoms with Crippen LogP contribution in [0.4, 0.5) is 13.6 Å². The number of ether oxygens (including phenoxy) is 1. The van der Waals surface area contributed by atoms with Crippen LogP contribution in [0.2, 0.25) is 0 Å². The molecule has 2 N–H and O–H groups in total. The lowest BCUT2D eigenvalue weighted by Crippen LogP contribution is -2.51. The lowest BCUT2D eigenvalue weighted by Gasteiger charge is -2.30. The molecule has 1 saturated carbocycles. The summed E-state index contributed by atoms with van der Waals surface area (Å²) >= 11 is 0. The van der Waals surface area contributed by atoms with Crippen molar-refractivity contribution in [2.75, 3.05) is 13.7 Å². The molecule has 3 aromatic rings. The molecular formula is C29H29BF2N4O3. The van der Waals surface area contributed by atoms with Crippen LogP contribution in [-0.2, 0) is 15.5 Å². The summed E-state index contributed by atoms with van der Waals surface area (Å²) in [7, 11) is 7.06. The summed E-state index contributed by atoms with van der Waals surface area (Å²) in [6.07, 6.45) is 3.79. The molecule has 1 spiro atoms. The fourth-order valence-corrected chi connectivity index (χ4v) is 6.01. The van der Waals surface area contributed by atoms with Crippen LogP contribution >= 0.6 is 0 Å². The van der Waals surface area contributed by atoms with Crippen molar-refractivity contribution in [2.24, 2.45) is 11.3 Å². The fourth-order valence-electron chi connectivity index (χ4n) is 6.01. The van der Waals surface area contributed by atoms with E-state index in [9.17, 15) is 9.59 Å². The third-order valence-corrected chi connectivity index (χ3v) is 8.39. The minimum absolute atomic E-state index is 0.0589. The summed E-state index contributed by atoms with van der Waals surface area (Å²) in [5, 5.41) is 2.67. The first-order valence-electron chi connectivity index (χ1n) is 13.2. The molecule has 2 atom stereocenters. The average Bonchev–Trinajstić information content (AvgIpc) is 3.23. The zero-order valence-corrected chi connectivity index (χ0v) is 22.1. The maximum absolute atomic E-state index is 15.4. The molecule has 2 fully saturated rings. The number of likely N-dealkylation sites (tertiary alicyclic amines) is 1. The molecule has 2 aliphatic carbocycles. The zero-order chi connectivity index (χ0) is 27.7. The number of benzene rings is 2. The number of hydrogen-bond acceptors (Lipinski definition) is 4. The van der Waals surface area contributed by atoms with Gasteiger partial charge in [0.2, 0.25) is 5.91 Å². The Hall–Kier alpha value is -3.69. The van der Waals surface area contributed by atoms with Gasteiger partial charge in [-0.25, -0.2) is 9.78 Å². The first-order valence-corrected chi connectivity index (χ1v) is 13.2. The van der Waals surface area contributed by atoms with Gasteiger partial charge in [-0.05, 0) is 47.8 Å². The molecule has 3 aliphatic rings. The highest BCUT2D eigenvalue weighted by Gasteiger charge is 2.55. The number of hydrogen-bond donors (Lipinski definition) is 2. The molecule has 2 aromatic carbocycles. The van der Waals surface area contributed by atoms with Crippen molar-refractivity contribution in [1.29, 1.82) is 0 Å². The number of aromatic amines is 1. The van der Waals surface area contributed by atoms with Gasteiger partial charge in [-0.15, -0.1) is 0 Å². The molecule has 39 heavy (non-hydrogen) atoms. The van der Waals surface area contributed by atoms with Crippen molar-refractivity contribution in [3.05, 3.63) is 59.5 Å². The van der Waals surface area contributed by atoms with Gasteiger partial charge in [0.25, 0.3) is 5.92 Å². The van der Waals surface area contributed by atoms with Crippen molar-refractivity contribution in [2.45, 2.75) is 51.1 Å². The third kappa shape index (κ3) is 4.20. The molecule has 1 aromatic heterocycles. The Kier molecular flexibility index (Phi) is 5.86. The highest BCUT2D eigenvalue weighted by molar-refractivity contribution is 6.32. The van der Waals surface area contributed by atoms with E-state index >= 15 is 8.78 Å². The second-order valence-electron chi connectivity index (χ2n) is 11.4. The van der Waals surface area contributed by atoms with Gasteiger partial charge >= 0.3 is 6.09 Å². The van der Waals surface area contributed by atoms with E-state index in [0.717, 1.165) is 19.3 Å². The van der Waals surface area contributed by atoms with Crippen molar-refractivity contribution in [3.63, 3.8) is 0 Å². The van der Waals surface area contributed by atoms with Crippen LogP contribution < -0.4 is 10.8 Å². The smallest absolute Gasteiger partial charge is 0.407 e. The molecule has 6 rings (SSSR count). The van der Waals surface area contributed by atoms with Crippen LogP contribution in [0.3, 0.4) is 0 Å². The number of fused-ring (bicyclic) bond motifs is 3. The van der Waals surface area contributed by atoms with Gasteiger partial charge in [-0.3, -0.25) is 4.79 Å². The molecule has 1 saturated heterocycles. The number of alkyl halides is 2. The topological polar surface area (TPSA) is 87.3 Å². The number of methoxy groups -OCH3 is 1. The Bertz CT molecular complexity index is 1480. The maximum Gasteiger partial charge on any atom is 0.407 e. The fraction of sp³-hybridized carbons (Fsp3) is 0.414. The van der Waals surface area contributed by atoms with Crippen molar-refractivity contribution < 1.29 is 23.1 Å². The standard InChI is InChI=1S/C29H29BF2N4O3/c1-15(2)24(35-27(38)39-3)26(37)36-14-28(8-9-28)12-23(36)25-33-13-22(34-25)16-4-6-18-19-7-5-17(30)11-21(19)29(31,32)20(18)10-16/h4-7,10-11,13,15,23-24H,8-9,12,14H2,1-3H3,(H,33,34)(H,35,38). The summed E-state index contributed by atoms with van der Waals surface area (Å²) in [4.78, 5) is 35.3. The highest BCUT2D eigenvalue weighted by atomic mass is 19.3. The first-order chi connectivity index (χ1) is 18.5. The quantitative estimate of drug-likeness (QED) is 0.478. The molecule has 1 aliphatic heterocycles. The molecule has 2 amide bonds. The number of aromatic nitrogens is 2. The van der Waals surface area contributed by atoms with Gasteiger partial charge in [0, 0.05) is 23.2 Å². The Morgan fingerprint density at radius 1 is 1.15 bits per heavy atom. The highest BCUT2D eigenvalue weighted by Crippen LogP contribution is 2.58. The van der Waals surface area contributed by atoms with Gasteiger partial charge < -0.3 is 19.9 Å². The second-order valence-corrected chi connectivity index (χ2v) is 11.4. The van der Waals surface area contributed by atoms with Gasteiger partial charge in [-0.2, -0.15) is 8.78 Å². The number of nitrogens with one attached hydrogen (secondary N) is 2. The van der Waals surface area contributed by atoms with E-state index in [-0.39, 0.29) is 34.4 Å². The van der Waals surface area contributed by atoms with E-state index in [1.54, 1.807) is 35.4 Å². The van der Waals surface area contributed by atoms with Gasteiger partial charge in [0.1, 0.15) is 19.7 Å². The molecule has 2 unspecified atom stereocenters. The predicted molar refractivity (Wildman–Crippen MR) is 143 cm³/mol. The Morgan fingerprint density at radius 3 is 2.51 bits per heavy atom. The number of carbonyl (C=O) groups excluding carboxylic acids is 2. The van der Waals surface area contributed by atoms with Crippen LogP contribution in [0.5, 0.6) is 0 Å². The van der Waals surface area contributed by atoms with Crippen LogP contribution in [-0.4, -0.2) is 54.4 Å². The molecule has 10 heteroatoms.